The molecule has 0 saturated carbocycles. The Hall–Kier alpha value is -3.80. The number of carbonyl (C=O) groups excluding carboxylic acids is 1. The van der Waals surface area contributed by atoms with Crippen molar-refractivity contribution < 1.29 is 4.79 Å². The lowest BCUT2D eigenvalue weighted by molar-refractivity contribution is 0.0954. The van der Waals surface area contributed by atoms with E-state index in [2.05, 4.69) is 17.2 Å². The van der Waals surface area contributed by atoms with Gasteiger partial charge >= 0.3 is 5.69 Å². The Morgan fingerprint density at radius 1 is 1.13 bits per heavy atom. The zero-order valence-electron chi connectivity index (χ0n) is 21.5. The summed E-state index contributed by atoms with van der Waals surface area (Å²) in [6.07, 6.45) is 2.41. The normalized spacial score (nSPS) is 15.0. The van der Waals surface area contributed by atoms with Gasteiger partial charge < -0.3 is 16.0 Å². The predicted molar refractivity (Wildman–Crippen MR) is 151 cm³/mol. The van der Waals surface area contributed by atoms with Crippen LogP contribution in [0.15, 0.2) is 64.2 Å². The van der Waals surface area contributed by atoms with Crippen LogP contribution in [0, 0.1) is 11.8 Å². The van der Waals surface area contributed by atoms with E-state index < -0.39 is 11.2 Å². The molecule has 0 unspecified atom stereocenters. The zero-order valence-corrected chi connectivity index (χ0v) is 22.2. The molecule has 1 atom stereocenters. The van der Waals surface area contributed by atoms with Crippen molar-refractivity contribution in [1.82, 2.24) is 14.5 Å². The van der Waals surface area contributed by atoms with E-state index >= 15 is 0 Å². The van der Waals surface area contributed by atoms with Crippen molar-refractivity contribution in [3.8, 4) is 11.8 Å². The number of hydrogen-bond acceptors (Lipinski definition) is 5. The quantitative estimate of drug-likeness (QED) is 0.433. The van der Waals surface area contributed by atoms with Crippen LogP contribution in [0.2, 0.25) is 5.02 Å². The average molecular weight is 534 g/mol. The highest BCUT2D eigenvalue weighted by atomic mass is 35.5. The lowest BCUT2D eigenvalue weighted by Crippen LogP contribution is -2.48. The van der Waals surface area contributed by atoms with Crippen LogP contribution in [0.3, 0.4) is 0 Å². The smallest absolute Gasteiger partial charge is 0.333 e. The molecular formula is C29H32ClN5O3. The van der Waals surface area contributed by atoms with Gasteiger partial charge in [-0.25, -0.2) is 4.79 Å². The zero-order chi connectivity index (χ0) is 27.1. The van der Waals surface area contributed by atoms with Crippen molar-refractivity contribution in [3.05, 3.63) is 97.1 Å². The first-order chi connectivity index (χ1) is 18.4. The Morgan fingerprint density at radius 3 is 2.71 bits per heavy atom. The van der Waals surface area contributed by atoms with E-state index in [-0.39, 0.29) is 25.0 Å². The van der Waals surface area contributed by atoms with E-state index in [0.29, 0.717) is 41.5 Å². The van der Waals surface area contributed by atoms with Crippen molar-refractivity contribution in [2.75, 3.05) is 24.5 Å². The molecule has 1 amide bonds. The first-order valence-electron chi connectivity index (χ1n) is 12.7. The van der Waals surface area contributed by atoms with Gasteiger partial charge in [-0.05, 0) is 55.5 Å². The standard InChI is InChI=1S/C29H32ClN5O3/c1-2-3-16-34-26(33-15-7-11-24(31)20-33)18-27(36)35(29(34)38)19-21-8-6-10-23(17-21)28(37)32-14-13-22-9-4-5-12-25(22)30/h4-6,8-10,12,17-18,24H,7,11,13-16,19-20,31H2,1H3,(H,32,37)/t24-/m1/s1. The minimum absolute atomic E-state index is 0.00874. The van der Waals surface area contributed by atoms with Crippen LogP contribution in [-0.4, -0.2) is 40.7 Å². The summed E-state index contributed by atoms with van der Waals surface area (Å²) in [5, 5.41) is 3.57. The minimum atomic E-state index is -0.441. The molecule has 0 bridgehead atoms. The number of benzene rings is 2. The molecule has 0 aliphatic carbocycles. The Kier molecular flexibility index (Phi) is 9.06. The number of rotatable bonds is 8. The maximum atomic E-state index is 13.5. The van der Waals surface area contributed by atoms with Gasteiger partial charge in [0.25, 0.3) is 11.5 Å². The summed E-state index contributed by atoms with van der Waals surface area (Å²) in [5.74, 6) is 6.07. The molecule has 1 aliphatic heterocycles. The second-order valence-electron chi connectivity index (χ2n) is 9.37. The van der Waals surface area contributed by atoms with Crippen LogP contribution in [0.25, 0.3) is 0 Å². The van der Waals surface area contributed by atoms with E-state index in [4.69, 9.17) is 17.3 Å². The van der Waals surface area contributed by atoms with Crippen molar-refractivity contribution >= 4 is 23.3 Å². The highest BCUT2D eigenvalue weighted by Crippen LogP contribution is 2.18. The predicted octanol–water partition coefficient (Wildman–Crippen LogP) is 2.64. The van der Waals surface area contributed by atoms with E-state index in [9.17, 15) is 14.4 Å². The lowest BCUT2D eigenvalue weighted by atomic mass is 10.1. The summed E-state index contributed by atoms with van der Waals surface area (Å²) >= 11 is 6.20. The monoisotopic (exact) mass is 533 g/mol. The number of hydrogen-bond donors (Lipinski definition) is 2. The van der Waals surface area contributed by atoms with E-state index in [1.807, 2.05) is 29.2 Å². The first kappa shape index (κ1) is 27.2. The van der Waals surface area contributed by atoms with Crippen molar-refractivity contribution in [2.24, 2.45) is 5.73 Å². The number of nitrogens with two attached hydrogens (primary N) is 1. The van der Waals surface area contributed by atoms with Crippen LogP contribution in [-0.2, 0) is 19.5 Å². The molecule has 1 aliphatic rings. The van der Waals surface area contributed by atoms with Crippen molar-refractivity contribution in [2.45, 2.75) is 45.3 Å². The molecule has 8 nitrogen and oxygen atoms in total. The average Bonchev–Trinajstić information content (AvgIpc) is 2.91. The number of carbonyl (C=O) groups is 1. The fourth-order valence-corrected chi connectivity index (χ4v) is 4.87. The Bertz CT molecular complexity index is 1480. The Morgan fingerprint density at radius 2 is 1.95 bits per heavy atom. The molecule has 0 radical (unpaired) electrons. The Labute approximate surface area is 227 Å². The number of piperidine rings is 1. The number of nitrogens with one attached hydrogen (secondary N) is 1. The molecule has 3 aromatic rings. The van der Waals surface area contributed by atoms with Crippen LogP contribution < -0.4 is 27.2 Å². The fourth-order valence-electron chi connectivity index (χ4n) is 4.64. The fraction of sp³-hybridized carbons (Fsp3) is 0.345. The molecule has 2 aromatic carbocycles. The maximum Gasteiger partial charge on any atom is 0.333 e. The van der Waals surface area contributed by atoms with Crippen LogP contribution in [0.5, 0.6) is 0 Å². The van der Waals surface area contributed by atoms with Gasteiger partial charge in [0.2, 0.25) is 0 Å². The minimum Gasteiger partial charge on any atom is -0.356 e. The molecule has 9 heteroatoms. The van der Waals surface area contributed by atoms with E-state index in [0.717, 1.165) is 24.9 Å². The molecule has 0 spiro atoms. The van der Waals surface area contributed by atoms with Crippen molar-refractivity contribution in [3.63, 3.8) is 0 Å². The molecule has 2 heterocycles. The van der Waals surface area contributed by atoms with Gasteiger partial charge in [0.15, 0.2) is 0 Å². The van der Waals surface area contributed by atoms with Crippen LogP contribution >= 0.6 is 11.6 Å². The van der Waals surface area contributed by atoms with E-state index in [1.54, 1.807) is 31.2 Å². The third-order valence-corrected chi connectivity index (χ3v) is 6.99. The number of anilines is 1. The third kappa shape index (κ3) is 6.55. The first-order valence-corrected chi connectivity index (χ1v) is 13.1. The number of halogens is 1. The summed E-state index contributed by atoms with van der Waals surface area (Å²) in [6, 6.07) is 15.9. The highest BCUT2D eigenvalue weighted by molar-refractivity contribution is 6.31. The summed E-state index contributed by atoms with van der Waals surface area (Å²) in [5.41, 5.74) is 7.38. The van der Waals surface area contributed by atoms with Gasteiger partial charge in [-0.2, -0.15) is 0 Å². The molecule has 1 fully saturated rings. The molecule has 4 rings (SSSR count). The van der Waals surface area contributed by atoms with Gasteiger partial charge in [0.05, 0.1) is 13.1 Å². The largest absolute Gasteiger partial charge is 0.356 e. The number of nitrogens with zero attached hydrogens (tertiary/aromatic N) is 3. The molecule has 1 saturated heterocycles. The van der Waals surface area contributed by atoms with Crippen LogP contribution in [0.4, 0.5) is 5.82 Å². The highest BCUT2D eigenvalue weighted by Gasteiger charge is 2.22. The van der Waals surface area contributed by atoms with Gasteiger partial charge in [-0.15, -0.1) is 5.92 Å². The topological polar surface area (TPSA) is 102 Å². The third-order valence-electron chi connectivity index (χ3n) is 6.62. The SMILES string of the molecule is CC#CCn1c(N2CCC[C@@H](N)C2)cc(=O)n(Cc2cccc(C(=O)NCCc3ccccc3Cl)c2)c1=O. The van der Waals surface area contributed by atoms with Crippen molar-refractivity contribution in [1.29, 1.82) is 0 Å². The second-order valence-corrected chi connectivity index (χ2v) is 9.78. The molecule has 3 N–H and O–H groups in total. The summed E-state index contributed by atoms with van der Waals surface area (Å²) in [4.78, 5) is 41.3. The van der Waals surface area contributed by atoms with Crippen LogP contribution in [0.1, 0.15) is 41.3 Å². The molecule has 198 valence electrons. The summed E-state index contributed by atoms with van der Waals surface area (Å²) < 4.78 is 2.71. The lowest BCUT2D eigenvalue weighted by Gasteiger charge is -2.33. The summed E-state index contributed by atoms with van der Waals surface area (Å²) in [6.45, 7) is 3.65. The molecular weight excluding hydrogens is 502 g/mol. The second kappa shape index (κ2) is 12.6. The number of amides is 1. The maximum absolute atomic E-state index is 13.5. The summed E-state index contributed by atoms with van der Waals surface area (Å²) in [7, 11) is 0. The van der Waals surface area contributed by atoms with Gasteiger partial charge in [0, 0.05) is 42.3 Å². The van der Waals surface area contributed by atoms with Gasteiger partial charge in [-0.1, -0.05) is 47.9 Å². The molecule has 1 aromatic heterocycles. The number of aromatic nitrogens is 2. The van der Waals surface area contributed by atoms with Gasteiger partial charge in [-0.3, -0.25) is 18.7 Å². The van der Waals surface area contributed by atoms with Gasteiger partial charge in [0.1, 0.15) is 5.82 Å². The molecule has 38 heavy (non-hydrogen) atoms. The van der Waals surface area contributed by atoms with E-state index in [1.165, 1.54) is 15.2 Å². The Balaban J connectivity index is 1.53.